The summed E-state index contributed by atoms with van der Waals surface area (Å²) in [5, 5.41) is 0.397. The number of rotatable bonds is 4. The number of thioether (sulfide) groups is 1. The monoisotopic (exact) mass is 508 g/mol. The molecule has 6 nitrogen and oxygen atoms in total. The lowest BCUT2D eigenvalue weighted by Gasteiger charge is -2.28. The van der Waals surface area contributed by atoms with Gasteiger partial charge in [0.1, 0.15) is 5.75 Å². The van der Waals surface area contributed by atoms with Crippen molar-refractivity contribution in [2.24, 2.45) is 4.99 Å². The van der Waals surface area contributed by atoms with E-state index in [4.69, 9.17) is 4.74 Å². The van der Waals surface area contributed by atoms with Crippen LogP contribution in [0.1, 0.15) is 11.1 Å². The lowest BCUT2D eigenvalue weighted by atomic mass is 10.1. The molecule has 2 atom stereocenters. The number of fused-ring (bicyclic) bond motifs is 1. The Morgan fingerprint density at radius 3 is 2.53 bits per heavy atom. The maximum absolute atomic E-state index is 12.5. The first kappa shape index (κ1) is 21.4. The molecule has 2 aromatic rings. The van der Waals surface area contributed by atoms with Crippen molar-refractivity contribution in [3.05, 3.63) is 58.1 Å². The Kier molecular flexibility index (Phi) is 5.96. The molecular weight excluding hydrogens is 488 g/mol. The second-order valence-corrected chi connectivity index (χ2v) is 11.7. The van der Waals surface area contributed by atoms with Gasteiger partial charge in [-0.15, -0.1) is 0 Å². The zero-order valence-electron chi connectivity index (χ0n) is 16.5. The number of carbonyl (C=O) groups is 1. The average Bonchev–Trinajstić information content (AvgIpc) is 3.12. The lowest BCUT2D eigenvalue weighted by Crippen LogP contribution is -2.38. The van der Waals surface area contributed by atoms with Gasteiger partial charge in [0.05, 0.1) is 17.5 Å². The van der Waals surface area contributed by atoms with Crippen LogP contribution in [0, 0.1) is 13.8 Å². The third kappa shape index (κ3) is 4.43. The SMILES string of the molecule is Cc1cc(Br)cc(C)c1N1C(=NC(=O)COc2ccccc2)SC2CS(=O)(=O)CC21. The second kappa shape index (κ2) is 8.36. The highest BCUT2D eigenvalue weighted by atomic mass is 79.9. The summed E-state index contributed by atoms with van der Waals surface area (Å²) in [6.45, 7) is 3.78. The fourth-order valence-corrected chi connectivity index (χ4v) is 8.51. The number of nitrogens with zero attached hydrogens (tertiary/aromatic N) is 2. The minimum Gasteiger partial charge on any atom is -0.484 e. The van der Waals surface area contributed by atoms with Crippen LogP contribution in [0.4, 0.5) is 5.69 Å². The van der Waals surface area contributed by atoms with Crippen LogP contribution in [0.15, 0.2) is 51.9 Å². The van der Waals surface area contributed by atoms with E-state index >= 15 is 0 Å². The smallest absolute Gasteiger partial charge is 0.285 e. The summed E-state index contributed by atoms with van der Waals surface area (Å²) in [5.74, 6) is 0.361. The van der Waals surface area contributed by atoms with Gasteiger partial charge in [-0.1, -0.05) is 45.9 Å². The lowest BCUT2D eigenvalue weighted by molar-refractivity contribution is -0.119. The summed E-state index contributed by atoms with van der Waals surface area (Å²) in [7, 11) is -3.11. The van der Waals surface area contributed by atoms with Gasteiger partial charge in [-0.2, -0.15) is 4.99 Å². The van der Waals surface area contributed by atoms with Crippen molar-refractivity contribution in [1.29, 1.82) is 0 Å². The molecule has 2 aliphatic rings. The molecule has 2 fully saturated rings. The number of ether oxygens (including phenoxy) is 1. The number of amides is 1. The summed E-state index contributed by atoms with van der Waals surface area (Å²) in [5.41, 5.74) is 2.90. The Balaban J connectivity index is 1.65. The predicted octanol–water partition coefficient (Wildman–Crippen LogP) is 3.75. The van der Waals surface area contributed by atoms with E-state index in [1.165, 1.54) is 11.8 Å². The van der Waals surface area contributed by atoms with Gasteiger partial charge in [-0.3, -0.25) is 4.79 Å². The Morgan fingerprint density at radius 1 is 1.20 bits per heavy atom. The largest absolute Gasteiger partial charge is 0.484 e. The molecule has 4 rings (SSSR count). The Bertz CT molecular complexity index is 1100. The first-order valence-electron chi connectivity index (χ1n) is 9.46. The number of halogens is 1. The summed E-state index contributed by atoms with van der Waals surface area (Å²) >= 11 is 4.87. The standard InChI is InChI=1S/C21H21BrN2O4S2/c1-13-8-15(22)9-14(2)20(13)24-17-11-30(26,27)12-18(17)29-21(24)23-19(25)10-28-16-6-4-3-5-7-16/h3-9,17-18H,10-12H2,1-2H3. The molecule has 2 saturated heterocycles. The zero-order chi connectivity index (χ0) is 21.5. The average molecular weight is 509 g/mol. The molecule has 0 saturated carbocycles. The van der Waals surface area contributed by atoms with Gasteiger partial charge in [-0.05, 0) is 49.2 Å². The van der Waals surface area contributed by atoms with Crippen LogP contribution < -0.4 is 9.64 Å². The van der Waals surface area contributed by atoms with Gasteiger partial charge >= 0.3 is 0 Å². The van der Waals surface area contributed by atoms with E-state index in [2.05, 4.69) is 20.9 Å². The first-order chi connectivity index (χ1) is 14.2. The third-order valence-corrected chi connectivity index (χ3v) is 8.76. The third-order valence-electron chi connectivity index (χ3n) is 5.09. The molecule has 2 unspecified atom stereocenters. The highest BCUT2D eigenvalue weighted by molar-refractivity contribution is 9.10. The maximum atomic E-state index is 12.5. The van der Waals surface area contributed by atoms with E-state index in [0.717, 1.165) is 21.3 Å². The van der Waals surface area contributed by atoms with Crippen molar-refractivity contribution in [3.8, 4) is 5.75 Å². The van der Waals surface area contributed by atoms with Crippen LogP contribution in [0.5, 0.6) is 5.75 Å². The van der Waals surface area contributed by atoms with Gasteiger partial charge in [-0.25, -0.2) is 8.42 Å². The van der Waals surface area contributed by atoms with Gasteiger partial charge < -0.3 is 9.64 Å². The normalized spacial score (nSPS) is 23.6. The molecule has 158 valence electrons. The van der Waals surface area contributed by atoms with E-state index in [-0.39, 0.29) is 29.4 Å². The van der Waals surface area contributed by atoms with E-state index in [1.54, 1.807) is 12.1 Å². The Labute approximate surface area is 188 Å². The number of para-hydroxylation sites is 1. The molecule has 2 heterocycles. The Morgan fingerprint density at radius 2 is 1.87 bits per heavy atom. The van der Waals surface area contributed by atoms with Crippen molar-refractivity contribution in [3.63, 3.8) is 0 Å². The molecule has 0 radical (unpaired) electrons. The van der Waals surface area contributed by atoms with Crippen LogP contribution in [0.3, 0.4) is 0 Å². The molecule has 30 heavy (non-hydrogen) atoms. The van der Waals surface area contributed by atoms with E-state index in [9.17, 15) is 13.2 Å². The topological polar surface area (TPSA) is 76.0 Å². The van der Waals surface area contributed by atoms with Gasteiger partial charge in [0.25, 0.3) is 5.91 Å². The number of anilines is 1. The summed E-state index contributed by atoms with van der Waals surface area (Å²) < 4.78 is 31.0. The van der Waals surface area contributed by atoms with Crippen molar-refractivity contribution in [2.75, 3.05) is 23.0 Å². The Hall–Kier alpha value is -1.84. The van der Waals surface area contributed by atoms with Crippen LogP contribution in [-0.4, -0.2) is 48.9 Å². The molecule has 9 heteroatoms. The maximum Gasteiger partial charge on any atom is 0.285 e. The quantitative estimate of drug-likeness (QED) is 0.625. The molecule has 2 aliphatic heterocycles. The number of aliphatic imine (C=N–C) groups is 1. The van der Waals surface area contributed by atoms with Crippen LogP contribution >= 0.6 is 27.7 Å². The fraction of sp³-hybridized carbons (Fsp3) is 0.333. The molecular formula is C21H21BrN2O4S2. The van der Waals surface area contributed by atoms with E-state index in [1.807, 2.05) is 49.1 Å². The van der Waals surface area contributed by atoms with Gasteiger partial charge in [0, 0.05) is 15.4 Å². The first-order valence-corrected chi connectivity index (χ1v) is 13.0. The number of hydrogen-bond donors (Lipinski definition) is 0. The summed E-state index contributed by atoms with van der Waals surface area (Å²) in [6.07, 6.45) is 0. The van der Waals surface area contributed by atoms with Gasteiger partial charge in [0.2, 0.25) is 0 Å². The molecule has 1 amide bonds. The van der Waals surface area contributed by atoms with Crippen LogP contribution in [0.25, 0.3) is 0 Å². The molecule has 0 spiro atoms. The highest BCUT2D eigenvalue weighted by Gasteiger charge is 2.50. The number of carbonyl (C=O) groups excluding carboxylic acids is 1. The van der Waals surface area contributed by atoms with Crippen molar-refractivity contribution < 1.29 is 17.9 Å². The number of hydrogen-bond acceptors (Lipinski definition) is 5. The minimum absolute atomic E-state index is 0.0628. The number of sulfone groups is 1. The predicted molar refractivity (Wildman–Crippen MR) is 124 cm³/mol. The van der Waals surface area contributed by atoms with Gasteiger partial charge in [0.15, 0.2) is 21.6 Å². The van der Waals surface area contributed by atoms with Crippen LogP contribution in [0.2, 0.25) is 0 Å². The number of benzene rings is 2. The molecule has 0 N–H and O–H groups in total. The highest BCUT2D eigenvalue weighted by Crippen LogP contribution is 2.43. The molecule has 0 aliphatic carbocycles. The molecule has 0 aromatic heterocycles. The van der Waals surface area contributed by atoms with Crippen molar-refractivity contribution in [1.82, 2.24) is 0 Å². The summed E-state index contributed by atoms with van der Waals surface area (Å²) in [6, 6.07) is 12.8. The van der Waals surface area contributed by atoms with E-state index < -0.39 is 15.7 Å². The minimum atomic E-state index is -3.11. The molecule has 2 aromatic carbocycles. The molecule has 0 bridgehead atoms. The number of amidine groups is 1. The zero-order valence-corrected chi connectivity index (χ0v) is 19.8. The van der Waals surface area contributed by atoms with Crippen molar-refractivity contribution >= 4 is 54.3 Å². The van der Waals surface area contributed by atoms with Crippen molar-refractivity contribution in [2.45, 2.75) is 25.1 Å². The van der Waals surface area contributed by atoms with E-state index in [0.29, 0.717) is 10.9 Å². The second-order valence-electron chi connectivity index (χ2n) is 7.45. The summed E-state index contributed by atoms with van der Waals surface area (Å²) in [4.78, 5) is 18.8. The van der Waals surface area contributed by atoms with Crippen LogP contribution in [-0.2, 0) is 14.6 Å². The fourth-order valence-electron chi connectivity index (χ4n) is 3.91. The number of aryl methyl sites for hydroxylation is 2.